The second-order valence-corrected chi connectivity index (χ2v) is 6.16. The fourth-order valence-electron chi connectivity index (χ4n) is 2.12. The lowest BCUT2D eigenvalue weighted by Gasteiger charge is -2.32. The zero-order valence-corrected chi connectivity index (χ0v) is 13.9. The van der Waals surface area contributed by atoms with Gasteiger partial charge in [0.25, 0.3) is 0 Å². The van der Waals surface area contributed by atoms with E-state index in [2.05, 4.69) is 0 Å². The number of benzene rings is 1. The predicted octanol–water partition coefficient (Wildman–Crippen LogP) is 2.12. The SMILES string of the molecule is COCOc1cc(OC)cc(F)c1B1OC(C)(C)C(C)(C)O1. The molecule has 1 saturated heterocycles. The van der Waals surface area contributed by atoms with E-state index in [1.807, 2.05) is 27.7 Å². The van der Waals surface area contributed by atoms with E-state index < -0.39 is 24.1 Å². The van der Waals surface area contributed by atoms with Crippen molar-refractivity contribution in [1.29, 1.82) is 0 Å². The van der Waals surface area contributed by atoms with Crippen LogP contribution >= 0.6 is 0 Å². The molecule has 22 heavy (non-hydrogen) atoms. The van der Waals surface area contributed by atoms with Gasteiger partial charge in [-0.25, -0.2) is 4.39 Å². The third-order valence-electron chi connectivity index (χ3n) is 4.12. The van der Waals surface area contributed by atoms with E-state index in [-0.39, 0.29) is 18.0 Å². The van der Waals surface area contributed by atoms with Crippen LogP contribution in [0, 0.1) is 5.82 Å². The van der Waals surface area contributed by atoms with Gasteiger partial charge < -0.3 is 23.5 Å². The van der Waals surface area contributed by atoms with Gasteiger partial charge in [-0.05, 0) is 27.7 Å². The highest BCUT2D eigenvalue weighted by molar-refractivity contribution is 6.63. The van der Waals surface area contributed by atoms with E-state index >= 15 is 0 Å². The fraction of sp³-hybridized carbons (Fsp3) is 0.600. The molecule has 0 aliphatic carbocycles. The summed E-state index contributed by atoms with van der Waals surface area (Å²) in [6.45, 7) is 7.61. The van der Waals surface area contributed by atoms with Gasteiger partial charge in [-0.1, -0.05) is 0 Å². The first kappa shape index (κ1) is 17.1. The summed E-state index contributed by atoms with van der Waals surface area (Å²) in [5.41, 5.74) is -0.929. The summed E-state index contributed by atoms with van der Waals surface area (Å²) in [5, 5.41) is 0. The molecule has 0 unspecified atom stereocenters. The molecule has 1 fully saturated rings. The molecule has 0 spiro atoms. The molecule has 0 bridgehead atoms. The molecule has 0 radical (unpaired) electrons. The highest BCUT2D eigenvalue weighted by Gasteiger charge is 2.53. The number of methoxy groups -OCH3 is 2. The minimum atomic E-state index is -0.859. The van der Waals surface area contributed by atoms with E-state index in [4.69, 9.17) is 23.5 Å². The van der Waals surface area contributed by atoms with E-state index in [9.17, 15) is 4.39 Å². The lowest BCUT2D eigenvalue weighted by atomic mass is 9.77. The standard InChI is InChI=1S/C15H22BFO5/c1-14(2)15(3,4)22-16(21-14)13-11(17)7-10(19-6)8-12(13)20-9-18-5/h7-8H,9H2,1-6H3. The number of rotatable bonds is 5. The summed E-state index contributed by atoms with van der Waals surface area (Å²) in [4.78, 5) is 0. The molecule has 0 saturated carbocycles. The Kier molecular flexibility index (Phi) is 4.70. The minimum absolute atomic E-state index is 0.0148. The van der Waals surface area contributed by atoms with Crippen LogP contribution in [0.25, 0.3) is 0 Å². The molecule has 0 amide bonds. The Morgan fingerprint density at radius 1 is 1.09 bits per heavy atom. The molecule has 1 aromatic rings. The summed E-state index contributed by atoms with van der Waals surface area (Å²) >= 11 is 0. The number of hydrogen-bond acceptors (Lipinski definition) is 5. The number of halogens is 1. The van der Waals surface area contributed by atoms with Gasteiger partial charge in [0, 0.05) is 19.2 Å². The van der Waals surface area contributed by atoms with Crippen molar-refractivity contribution in [2.75, 3.05) is 21.0 Å². The van der Waals surface area contributed by atoms with Crippen LogP contribution in [-0.2, 0) is 14.0 Å². The van der Waals surface area contributed by atoms with Gasteiger partial charge in [-0.3, -0.25) is 0 Å². The summed E-state index contributed by atoms with van der Waals surface area (Å²) < 4.78 is 41.7. The molecule has 1 heterocycles. The van der Waals surface area contributed by atoms with Gasteiger partial charge in [0.2, 0.25) is 0 Å². The maximum absolute atomic E-state index is 14.5. The molecular weight excluding hydrogens is 290 g/mol. The molecule has 0 atom stereocenters. The van der Waals surface area contributed by atoms with Crippen molar-refractivity contribution in [3.8, 4) is 11.5 Å². The van der Waals surface area contributed by atoms with Crippen LogP contribution in [0.2, 0.25) is 0 Å². The molecule has 0 N–H and O–H groups in total. The lowest BCUT2D eigenvalue weighted by Crippen LogP contribution is -2.41. The van der Waals surface area contributed by atoms with Crippen molar-refractivity contribution >= 4 is 12.6 Å². The van der Waals surface area contributed by atoms with Crippen molar-refractivity contribution in [2.45, 2.75) is 38.9 Å². The zero-order chi connectivity index (χ0) is 16.5. The maximum Gasteiger partial charge on any atom is 0.501 e. The van der Waals surface area contributed by atoms with E-state index in [1.165, 1.54) is 20.3 Å². The zero-order valence-electron chi connectivity index (χ0n) is 13.9. The Balaban J connectivity index is 2.42. The van der Waals surface area contributed by atoms with Gasteiger partial charge in [0.05, 0.1) is 23.8 Å². The van der Waals surface area contributed by atoms with Crippen LogP contribution in [0.4, 0.5) is 4.39 Å². The smallest absolute Gasteiger partial charge is 0.497 e. The summed E-state index contributed by atoms with van der Waals surface area (Å²) in [6, 6.07) is 2.86. The van der Waals surface area contributed by atoms with Crippen LogP contribution < -0.4 is 14.9 Å². The van der Waals surface area contributed by atoms with Crippen LogP contribution in [0.5, 0.6) is 11.5 Å². The molecule has 5 nitrogen and oxygen atoms in total. The molecule has 1 aliphatic rings. The van der Waals surface area contributed by atoms with E-state index in [1.54, 1.807) is 6.07 Å². The van der Waals surface area contributed by atoms with Crippen molar-refractivity contribution < 1.29 is 27.9 Å². The number of hydrogen-bond donors (Lipinski definition) is 0. The molecule has 1 aliphatic heterocycles. The molecule has 0 aromatic heterocycles. The normalized spacial score (nSPS) is 19.3. The average Bonchev–Trinajstić information content (AvgIpc) is 2.63. The Hall–Kier alpha value is -1.31. The average molecular weight is 312 g/mol. The first-order valence-corrected chi connectivity index (χ1v) is 7.06. The van der Waals surface area contributed by atoms with Crippen LogP contribution in [0.1, 0.15) is 27.7 Å². The van der Waals surface area contributed by atoms with Gasteiger partial charge in [-0.15, -0.1) is 0 Å². The summed E-state index contributed by atoms with van der Waals surface area (Å²) in [5.74, 6) is 0.116. The maximum atomic E-state index is 14.5. The van der Waals surface area contributed by atoms with Gasteiger partial charge >= 0.3 is 7.12 Å². The highest BCUT2D eigenvalue weighted by atomic mass is 19.1. The molecule has 122 valence electrons. The minimum Gasteiger partial charge on any atom is -0.497 e. The first-order chi connectivity index (χ1) is 10.2. The second kappa shape index (κ2) is 6.06. The Bertz CT molecular complexity index is 531. The Labute approximate surface area is 130 Å². The van der Waals surface area contributed by atoms with Crippen LogP contribution in [0.15, 0.2) is 12.1 Å². The van der Waals surface area contributed by atoms with E-state index in [0.717, 1.165) is 0 Å². The Morgan fingerprint density at radius 3 is 2.18 bits per heavy atom. The van der Waals surface area contributed by atoms with Crippen molar-refractivity contribution in [3.63, 3.8) is 0 Å². The molecule has 2 rings (SSSR count). The van der Waals surface area contributed by atoms with Crippen molar-refractivity contribution in [3.05, 3.63) is 17.9 Å². The van der Waals surface area contributed by atoms with Gasteiger partial charge in [-0.2, -0.15) is 0 Å². The van der Waals surface area contributed by atoms with Gasteiger partial charge in [0.1, 0.15) is 17.3 Å². The van der Waals surface area contributed by atoms with Crippen molar-refractivity contribution in [2.24, 2.45) is 0 Å². The third-order valence-corrected chi connectivity index (χ3v) is 4.12. The summed E-state index contributed by atoms with van der Waals surface area (Å²) in [7, 11) is 2.09. The monoisotopic (exact) mass is 312 g/mol. The van der Waals surface area contributed by atoms with Crippen LogP contribution in [-0.4, -0.2) is 39.3 Å². The quantitative estimate of drug-likeness (QED) is 0.615. The Morgan fingerprint density at radius 2 is 1.68 bits per heavy atom. The highest BCUT2D eigenvalue weighted by Crippen LogP contribution is 2.37. The van der Waals surface area contributed by atoms with Crippen molar-refractivity contribution in [1.82, 2.24) is 0 Å². The molecule has 7 heteroatoms. The number of ether oxygens (including phenoxy) is 3. The molecular formula is C15H22BFO5. The third kappa shape index (κ3) is 3.07. The van der Waals surface area contributed by atoms with Gasteiger partial charge in [0.15, 0.2) is 6.79 Å². The summed E-state index contributed by atoms with van der Waals surface area (Å²) in [6.07, 6.45) is 0. The largest absolute Gasteiger partial charge is 0.501 e. The topological polar surface area (TPSA) is 46.2 Å². The lowest BCUT2D eigenvalue weighted by molar-refractivity contribution is 0.00578. The molecule has 1 aromatic carbocycles. The predicted molar refractivity (Wildman–Crippen MR) is 81.2 cm³/mol. The second-order valence-electron chi connectivity index (χ2n) is 6.16. The van der Waals surface area contributed by atoms with Crippen LogP contribution in [0.3, 0.4) is 0 Å². The first-order valence-electron chi connectivity index (χ1n) is 7.06. The van der Waals surface area contributed by atoms with E-state index in [0.29, 0.717) is 5.75 Å². The fourth-order valence-corrected chi connectivity index (χ4v) is 2.12.